The fraction of sp³-hybridized carbons (Fsp3) is 0.942. The van der Waals surface area contributed by atoms with Gasteiger partial charge in [-0.05, 0) is 25.2 Å². The Kier molecular flexibility index (Phi) is 45.2. The molecule has 58 heavy (non-hydrogen) atoms. The first-order valence-electron chi connectivity index (χ1n) is 25.9. The summed E-state index contributed by atoms with van der Waals surface area (Å²) in [6.45, 7) is 9.02. The standard InChI is InChI=1S/C52H100O6/c1-5-7-9-11-13-15-17-18-19-20-24-29-33-37-41-45-52(55)58-49(46-56-50(53)43-39-35-31-27-22-16-14-12-10-8-6-2)47-57-51(54)44-40-36-32-28-25-21-23-26-30-34-38-42-48(3)4/h48-49H,5-47H2,1-4H3/t49-/m1/s1. The highest BCUT2D eigenvalue weighted by Crippen LogP contribution is 2.17. The lowest BCUT2D eigenvalue weighted by atomic mass is 10.0. The molecule has 1 atom stereocenters. The van der Waals surface area contributed by atoms with Crippen molar-refractivity contribution >= 4 is 17.9 Å². The van der Waals surface area contributed by atoms with Crippen molar-refractivity contribution in [3.63, 3.8) is 0 Å². The lowest BCUT2D eigenvalue weighted by Crippen LogP contribution is -2.30. The van der Waals surface area contributed by atoms with Crippen molar-refractivity contribution in [2.45, 2.75) is 297 Å². The Morgan fingerprint density at radius 2 is 0.569 bits per heavy atom. The van der Waals surface area contributed by atoms with Crippen molar-refractivity contribution in [1.29, 1.82) is 0 Å². The average Bonchev–Trinajstić information content (AvgIpc) is 3.21. The number of hydrogen-bond donors (Lipinski definition) is 0. The van der Waals surface area contributed by atoms with E-state index in [0.717, 1.165) is 63.7 Å². The molecule has 0 fully saturated rings. The van der Waals surface area contributed by atoms with Gasteiger partial charge in [-0.3, -0.25) is 14.4 Å². The Bertz CT molecular complexity index is 872. The Hall–Kier alpha value is -1.59. The van der Waals surface area contributed by atoms with Crippen LogP contribution >= 0.6 is 0 Å². The van der Waals surface area contributed by atoms with Gasteiger partial charge in [0.25, 0.3) is 0 Å². The topological polar surface area (TPSA) is 78.9 Å². The Labute approximate surface area is 361 Å². The predicted octanol–water partition coefficient (Wildman–Crippen LogP) is 16.7. The van der Waals surface area contributed by atoms with E-state index in [2.05, 4.69) is 27.7 Å². The van der Waals surface area contributed by atoms with Crippen molar-refractivity contribution < 1.29 is 28.6 Å². The van der Waals surface area contributed by atoms with Crippen molar-refractivity contribution in [2.75, 3.05) is 13.2 Å². The molecule has 0 spiro atoms. The third kappa shape index (κ3) is 45.5. The van der Waals surface area contributed by atoms with Gasteiger partial charge in [0, 0.05) is 19.3 Å². The number of carbonyl (C=O) groups is 3. The van der Waals surface area contributed by atoms with E-state index in [4.69, 9.17) is 14.2 Å². The van der Waals surface area contributed by atoms with Crippen molar-refractivity contribution in [2.24, 2.45) is 5.92 Å². The zero-order valence-corrected chi connectivity index (χ0v) is 39.5. The molecule has 0 saturated carbocycles. The summed E-state index contributed by atoms with van der Waals surface area (Å²) in [6, 6.07) is 0. The summed E-state index contributed by atoms with van der Waals surface area (Å²) in [4.78, 5) is 37.9. The first-order chi connectivity index (χ1) is 28.4. The number of ether oxygens (including phenoxy) is 3. The van der Waals surface area contributed by atoms with Crippen LogP contribution in [0, 0.1) is 5.92 Å². The van der Waals surface area contributed by atoms with E-state index in [0.29, 0.717) is 19.3 Å². The SMILES string of the molecule is CCCCCCCCCCCCCCCCCC(=O)O[C@H](COC(=O)CCCCCCCCCCCCC)COC(=O)CCCCCCCCCCCCCC(C)C. The van der Waals surface area contributed by atoms with E-state index >= 15 is 0 Å². The lowest BCUT2D eigenvalue weighted by Gasteiger charge is -2.18. The summed E-state index contributed by atoms with van der Waals surface area (Å²) >= 11 is 0. The molecule has 0 bridgehead atoms. The summed E-state index contributed by atoms with van der Waals surface area (Å²) < 4.78 is 16.8. The molecule has 0 aromatic heterocycles. The molecule has 0 N–H and O–H groups in total. The van der Waals surface area contributed by atoms with Gasteiger partial charge in [0.15, 0.2) is 6.10 Å². The van der Waals surface area contributed by atoms with Crippen LogP contribution in [0.1, 0.15) is 291 Å². The van der Waals surface area contributed by atoms with Gasteiger partial charge in [-0.15, -0.1) is 0 Å². The van der Waals surface area contributed by atoms with Gasteiger partial charge in [0.05, 0.1) is 0 Å². The summed E-state index contributed by atoms with van der Waals surface area (Å²) in [5.74, 6) is -0.0178. The van der Waals surface area contributed by atoms with Gasteiger partial charge < -0.3 is 14.2 Å². The first-order valence-corrected chi connectivity index (χ1v) is 25.9. The van der Waals surface area contributed by atoms with E-state index < -0.39 is 6.10 Å². The van der Waals surface area contributed by atoms with Crippen LogP contribution in [0.3, 0.4) is 0 Å². The highest BCUT2D eigenvalue weighted by molar-refractivity contribution is 5.71. The minimum Gasteiger partial charge on any atom is -0.462 e. The van der Waals surface area contributed by atoms with Gasteiger partial charge >= 0.3 is 17.9 Å². The highest BCUT2D eigenvalue weighted by atomic mass is 16.6. The molecule has 0 rings (SSSR count). The molecule has 6 heteroatoms. The quantitative estimate of drug-likeness (QED) is 0.0346. The maximum absolute atomic E-state index is 12.8. The molecule has 0 aromatic rings. The molecular weight excluding hydrogens is 721 g/mol. The van der Waals surface area contributed by atoms with Gasteiger partial charge in [-0.2, -0.15) is 0 Å². The second-order valence-corrected chi connectivity index (χ2v) is 18.3. The number of rotatable bonds is 47. The molecule has 0 radical (unpaired) electrons. The largest absolute Gasteiger partial charge is 0.462 e. The third-order valence-electron chi connectivity index (χ3n) is 11.8. The van der Waals surface area contributed by atoms with Gasteiger partial charge in [-0.25, -0.2) is 0 Å². The second-order valence-electron chi connectivity index (χ2n) is 18.3. The van der Waals surface area contributed by atoms with Gasteiger partial charge in [0.1, 0.15) is 13.2 Å². The fourth-order valence-corrected chi connectivity index (χ4v) is 7.86. The maximum Gasteiger partial charge on any atom is 0.306 e. The number of unbranched alkanes of at least 4 members (excludes halogenated alkanes) is 34. The number of esters is 3. The molecule has 0 saturated heterocycles. The van der Waals surface area contributed by atoms with Crippen LogP contribution in [0.2, 0.25) is 0 Å². The fourth-order valence-electron chi connectivity index (χ4n) is 7.86. The lowest BCUT2D eigenvalue weighted by molar-refractivity contribution is -0.167. The molecule has 6 nitrogen and oxygen atoms in total. The second kappa shape index (κ2) is 46.5. The molecule has 344 valence electrons. The van der Waals surface area contributed by atoms with Gasteiger partial charge in [0.2, 0.25) is 0 Å². The average molecular weight is 821 g/mol. The Morgan fingerprint density at radius 3 is 0.845 bits per heavy atom. The minimum atomic E-state index is -0.760. The van der Waals surface area contributed by atoms with E-state index in [-0.39, 0.29) is 31.1 Å². The minimum absolute atomic E-state index is 0.0628. The molecule has 0 heterocycles. The van der Waals surface area contributed by atoms with Crippen molar-refractivity contribution in [3.8, 4) is 0 Å². The summed E-state index contributed by atoms with van der Waals surface area (Å²) in [5, 5.41) is 0. The Morgan fingerprint density at radius 1 is 0.328 bits per heavy atom. The summed E-state index contributed by atoms with van der Waals surface area (Å²) in [6.07, 6.45) is 48.0. The zero-order valence-electron chi connectivity index (χ0n) is 39.5. The molecular formula is C52H100O6. The van der Waals surface area contributed by atoms with Crippen LogP contribution < -0.4 is 0 Å². The Balaban J connectivity index is 4.30. The molecule has 0 amide bonds. The first kappa shape index (κ1) is 56.4. The van der Waals surface area contributed by atoms with E-state index in [1.54, 1.807) is 0 Å². The zero-order chi connectivity index (χ0) is 42.4. The van der Waals surface area contributed by atoms with E-state index in [1.165, 1.54) is 186 Å². The van der Waals surface area contributed by atoms with E-state index in [1.807, 2.05) is 0 Å². The normalized spacial score (nSPS) is 11.9. The van der Waals surface area contributed by atoms with E-state index in [9.17, 15) is 14.4 Å². The summed E-state index contributed by atoms with van der Waals surface area (Å²) in [5.41, 5.74) is 0. The molecule has 0 unspecified atom stereocenters. The molecule has 0 aliphatic heterocycles. The van der Waals surface area contributed by atoms with Crippen LogP contribution in [-0.4, -0.2) is 37.2 Å². The number of hydrogen-bond acceptors (Lipinski definition) is 6. The molecule has 0 aliphatic rings. The maximum atomic E-state index is 12.8. The number of carbonyl (C=O) groups excluding carboxylic acids is 3. The van der Waals surface area contributed by atoms with Gasteiger partial charge in [-0.1, -0.05) is 252 Å². The predicted molar refractivity (Wildman–Crippen MR) is 247 cm³/mol. The molecule has 0 aromatic carbocycles. The monoisotopic (exact) mass is 821 g/mol. The van der Waals surface area contributed by atoms with Crippen LogP contribution in [-0.2, 0) is 28.6 Å². The van der Waals surface area contributed by atoms with Crippen LogP contribution in [0.25, 0.3) is 0 Å². The van der Waals surface area contributed by atoms with Crippen molar-refractivity contribution in [1.82, 2.24) is 0 Å². The summed E-state index contributed by atoms with van der Waals surface area (Å²) in [7, 11) is 0. The van der Waals surface area contributed by atoms with Crippen LogP contribution in [0.15, 0.2) is 0 Å². The highest BCUT2D eigenvalue weighted by Gasteiger charge is 2.19. The van der Waals surface area contributed by atoms with Crippen LogP contribution in [0.4, 0.5) is 0 Å². The van der Waals surface area contributed by atoms with Crippen LogP contribution in [0.5, 0.6) is 0 Å². The third-order valence-corrected chi connectivity index (χ3v) is 11.8. The molecule has 0 aliphatic carbocycles. The van der Waals surface area contributed by atoms with Crippen molar-refractivity contribution in [3.05, 3.63) is 0 Å². The smallest absolute Gasteiger partial charge is 0.306 e.